The Morgan fingerprint density at radius 1 is 0.360 bits per heavy atom. The van der Waals surface area contributed by atoms with Gasteiger partial charge < -0.3 is 18.9 Å². The van der Waals surface area contributed by atoms with Crippen LogP contribution < -0.4 is 18.9 Å². The quantitative estimate of drug-likeness (QED) is 0.0640. The van der Waals surface area contributed by atoms with E-state index in [0.29, 0.717) is 33.4 Å². The van der Waals surface area contributed by atoms with Gasteiger partial charge in [-0.15, -0.1) is 0 Å². The van der Waals surface area contributed by atoms with E-state index in [9.17, 15) is 19.2 Å². The van der Waals surface area contributed by atoms with E-state index in [2.05, 4.69) is 26.3 Å². The first-order chi connectivity index (χ1) is 23.8. The third-order valence-corrected chi connectivity index (χ3v) is 7.08. The summed E-state index contributed by atoms with van der Waals surface area (Å²) in [5, 5.41) is 0. The van der Waals surface area contributed by atoms with Crippen LogP contribution in [0.1, 0.15) is 49.9 Å². The van der Waals surface area contributed by atoms with Crippen LogP contribution in [0.5, 0.6) is 23.0 Å². The molecule has 0 N–H and O–H groups in total. The highest BCUT2D eigenvalue weighted by Gasteiger charge is 2.28. The maximum Gasteiger partial charge on any atom is 0.338 e. The van der Waals surface area contributed by atoms with E-state index in [0.717, 1.165) is 0 Å². The molecule has 0 radical (unpaired) electrons. The van der Waals surface area contributed by atoms with Crippen molar-refractivity contribution in [2.75, 3.05) is 0 Å². The van der Waals surface area contributed by atoms with Crippen molar-refractivity contribution in [3.8, 4) is 23.0 Å². The van der Waals surface area contributed by atoms with Crippen LogP contribution in [0.2, 0.25) is 0 Å². The van der Waals surface area contributed by atoms with E-state index < -0.39 is 23.9 Å². The van der Waals surface area contributed by atoms with Gasteiger partial charge in [0.05, 0.1) is 0 Å². The molecule has 8 nitrogen and oxygen atoms in total. The van der Waals surface area contributed by atoms with Gasteiger partial charge in [0.2, 0.25) is 0 Å². The van der Waals surface area contributed by atoms with E-state index in [1.807, 2.05) is 0 Å². The van der Waals surface area contributed by atoms with Crippen molar-refractivity contribution >= 4 is 35.0 Å². The first-order valence-electron chi connectivity index (χ1n) is 15.4. The monoisotopic (exact) mass is 668 g/mol. The Kier molecular flexibility index (Phi) is 11.6. The molecule has 0 bridgehead atoms. The Labute approximate surface area is 291 Å². The number of hydrogen-bond acceptors (Lipinski definition) is 8. The van der Waals surface area contributed by atoms with Gasteiger partial charge in [-0.25, -0.2) is 19.2 Å². The molecule has 0 aliphatic heterocycles. The number of carbonyl (C=O) groups is 4. The topological polar surface area (TPSA) is 105 Å². The van der Waals surface area contributed by atoms with Gasteiger partial charge in [0.1, 0.15) is 23.0 Å². The van der Waals surface area contributed by atoms with Gasteiger partial charge >= 0.3 is 23.9 Å². The molecule has 0 unspecified atom stereocenters. The molecule has 0 aromatic heterocycles. The zero-order chi connectivity index (χ0) is 36.5. The SMILES string of the molecule is C=C(C)C(=O)Oc1ccccc1C(=C(c1ccccc1OC(=O)C(=C)C)c1ccccc1OC(=O)C(=C)C)c1ccccc1OC(=O)C(=C)C. The van der Waals surface area contributed by atoms with Crippen molar-refractivity contribution in [3.05, 3.63) is 168 Å². The minimum absolute atomic E-state index is 0.141. The molecule has 0 aliphatic carbocycles. The van der Waals surface area contributed by atoms with Crippen LogP contribution >= 0.6 is 0 Å². The molecule has 0 saturated carbocycles. The smallest absolute Gasteiger partial charge is 0.338 e. The second kappa shape index (κ2) is 16.0. The normalized spacial score (nSPS) is 10.2. The van der Waals surface area contributed by atoms with Gasteiger partial charge in [-0.1, -0.05) is 99.1 Å². The van der Waals surface area contributed by atoms with Gasteiger partial charge in [-0.2, -0.15) is 0 Å². The molecule has 50 heavy (non-hydrogen) atoms. The summed E-state index contributed by atoms with van der Waals surface area (Å²) in [5.41, 5.74) is 2.86. The number of carbonyl (C=O) groups excluding carboxylic acids is 4. The van der Waals surface area contributed by atoms with Gasteiger partial charge in [-0.3, -0.25) is 0 Å². The van der Waals surface area contributed by atoms with Crippen LogP contribution in [0.4, 0.5) is 0 Å². The first kappa shape index (κ1) is 36.3. The van der Waals surface area contributed by atoms with E-state index in [-0.39, 0.29) is 45.3 Å². The van der Waals surface area contributed by atoms with Crippen molar-refractivity contribution in [1.29, 1.82) is 0 Å². The molecule has 252 valence electrons. The molecule has 0 aliphatic rings. The predicted octanol–water partition coefficient (Wildman–Crippen LogP) is 8.62. The predicted molar refractivity (Wildman–Crippen MR) is 193 cm³/mol. The highest BCUT2D eigenvalue weighted by atomic mass is 16.5. The number of hydrogen-bond donors (Lipinski definition) is 0. The van der Waals surface area contributed by atoms with E-state index >= 15 is 0 Å². The summed E-state index contributed by atoms with van der Waals surface area (Å²) in [6.07, 6.45) is 0. The third kappa shape index (κ3) is 8.48. The van der Waals surface area contributed by atoms with E-state index in [1.165, 1.54) is 27.7 Å². The summed E-state index contributed by atoms with van der Waals surface area (Å²) < 4.78 is 23.4. The molecule has 0 heterocycles. The first-order valence-corrected chi connectivity index (χ1v) is 15.4. The fourth-order valence-corrected chi connectivity index (χ4v) is 4.63. The Morgan fingerprint density at radius 2 is 0.540 bits per heavy atom. The minimum Gasteiger partial charge on any atom is -0.423 e. The fraction of sp³-hybridized carbons (Fsp3) is 0.0952. The van der Waals surface area contributed by atoms with Crippen molar-refractivity contribution in [2.45, 2.75) is 27.7 Å². The van der Waals surface area contributed by atoms with Crippen LogP contribution in [0.3, 0.4) is 0 Å². The molecule has 4 aromatic rings. The maximum absolute atomic E-state index is 13.0. The Balaban J connectivity index is 2.28. The average molecular weight is 669 g/mol. The van der Waals surface area contributed by atoms with Gasteiger partial charge in [0.15, 0.2) is 0 Å². The Hall–Kier alpha value is -6.54. The largest absolute Gasteiger partial charge is 0.423 e. The number of benzene rings is 4. The number of rotatable bonds is 12. The molecule has 0 spiro atoms. The number of para-hydroxylation sites is 4. The van der Waals surface area contributed by atoms with Crippen LogP contribution in [0.15, 0.2) is 146 Å². The lowest BCUT2D eigenvalue weighted by molar-refractivity contribution is -0.131. The number of ether oxygens (including phenoxy) is 4. The van der Waals surface area contributed by atoms with Crippen LogP contribution in [0.25, 0.3) is 11.1 Å². The van der Waals surface area contributed by atoms with Crippen LogP contribution in [-0.2, 0) is 19.2 Å². The zero-order valence-corrected chi connectivity index (χ0v) is 28.3. The van der Waals surface area contributed by atoms with Crippen molar-refractivity contribution in [1.82, 2.24) is 0 Å². The van der Waals surface area contributed by atoms with E-state index in [1.54, 1.807) is 97.1 Å². The summed E-state index contributed by atoms with van der Waals surface area (Å²) in [6, 6.07) is 27.1. The summed E-state index contributed by atoms with van der Waals surface area (Å²) in [7, 11) is 0. The highest BCUT2D eigenvalue weighted by Crippen LogP contribution is 2.47. The molecule has 0 fully saturated rings. The molecular weight excluding hydrogens is 632 g/mol. The van der Waals surface area contributed by atoms with Crippen LogP contribution in [-0.4, -0.2) is 23.9 Å². The van der Waals surface area contributed by atoms with Crippen LogP contribution in [0, 0.1) is 0 Å². The molecule has 0 saturated heterocycles. The fourth-order valence-electron chi connectivity index (χ4n) is 4.63. The van der Waals surface area contributed by atoms with Crippen molar-refractivity contribution in [2.24, 2.45) is 0 Å². The zero-order valence-electron chi connectivity index (χ0n) is 28.3. The summed E-state index contributed by atoms with van der Waals surface area (Å²) in [4.78, 5) is 51.8. The lowest BCUT2D eigenvalue weighted by atomic mass is 9.84. The maximum atomic E-state index is 13.0. The Bertz CT molecular complexity index is 1800. The molecule has 0 amide bonds. The molecule has 0 atom stereocenters. The van der Waals surface area contributed by atoms with Crippen molar-refractivity contribution < 1.29 is 38.1 Å². The third-order valence-electron chi connectivity index (χ3n) is 7.08. The molecule has 8 heteroatoms. The van der Waals surface area contributed by atoms with E-state index in [4.69, 9.17) is 18.9 Å². The second-order valence-electron chi connectivity index (χ2n) is 11.4. The van der Waals surface area contributed by atoms with Gasteiger partial charge in [0.25, 0.3) is 0 Å². The van der Waals surface area contributed by atoms with Gasteiger partial charge in [0, 0.05) is 55.7 Å². The standard InChI is InChI=1S/C42H36O8/c1-25(2)39(43)47-33-21-13-9-17-29(33)37(30-18-10-14-22-34(30)48-40(44)26(3)4)38(31-19-11-15-23-35(31)49-41(45)27(5)6)32-20-12-16-24-36(32)50-42(46)28(7)8/h9-24H,1,3,5,7H2,2,4,6,8H3. The number of esters is 4. The summed E-state index contributed by atoms with van der Waals surface area (Å²) in [6.45, 7) is 21.0. The molecular formula is C42H36O8. The van der Waals surface area contributed by atoms with Crippen molar-refractivity contribution in [3.63, 3.8) is 0 Å². The average Bonchev–Trinajstić information content (AvgIpc) is 3.08. The second-order valence-corrected chi connectivity index (χ2v) is 11.4. The molecule has 4 rings (SSSR count). The lowest BCUT2D eigenvalue weighted by Crippen LogP contribution is -2.14. The summed E-state index contributed by atoms with van der Waals surface area (Å²) >= 11 is 0. The van der Waals surface area contributed by atoms with Gasteiger partial charge in [-0.05, 0) is 52.0 Å². The minimum atomic E-state index is -0.674. The summed E-state index contributed by atoms with van der Waals surface area (Å²) in [5.74, 6) is -2.13. The molecule has 4 aromatic carbocycles. The Morgan fingerprint density at radius 3 is 0.720 bits per heavy atom. The lowest BCUT2D eigenvalue weighted by Gasteiger charge is -2.24. The highest BCUT2D eigenvalue weighted by molar-refractivity contribution is 6.09.